The zero-order chi connectivity index (χ0) is 42.4. The van der Waals surface area contributed by atoms with Crippen molar-refractivity contribution in [3.05, 3.63) is 60.8 Å². The minimum Gasteiger partial charge on any atom is -0.480 e. The molecule has 0 fully saturated rings. The van der Waals surface area contributed by atoms with E-state index in [1.807, 2.05) is 0 Å². The molecule has 0 aliphatic rings. The van der Waals surface area contributed by atoms with Crippen LogP contribution in [0.1, 0.15) is 226 Å². The standard InChI is InChI=1S/C51H90N2O5/c1-3-5-7-9-11-13-14-15-16-17-18-19-20-21-22-23-24-25-26-27-29-35-39-45-50(55)58-47(41-36-32-28-12-10-8-6-4-2)42-37-33-30-31-34-38-44-49(54)53-48(51(56)57)43-40-46-52/h5,7,11,13,15-16,18-19,36,41,47-48H,3-4,6,8-10,12,14,17,20-35,37-40,42-46,52H2,1-2H3,(H,53,54)(H,56,57)/b7-5-,13-11-,16-15-,19-18-,41-36-. The van der Waals surface area contributed by atoms with E-state index >= 15 is 0 Å². The molecule has 7 heteroatoms. The second-order valence-corrected chi connectivity index (χ2v) is 16.1. The number of carboxylic acids is 1. The Morgan fingerprint density at radius 3 is 1.53 bits per heavy atom. The summed E-state index contributed by atoms with van der Waals surface area (Å²) in [6.07, 6.45) is 57.3. The number of ether oxygens (including phenoxy) is 1. The number of carbonyl (C=O) groups excluding carboxylic acids is 2. The van der Waals surface area contributed by atoms with Gasteiger partial charge in [0, 0.05) is 12.8 Å². The molecule has 1 amide bonds. The van der Waals surface area contributed by atoms with Gasteiger partial charge in [-0.2, -0.15) is 0 Å². The van der Waals surface area contributed by atoms with Crippen molar-refractivity contribution in [1.82, 2.24) is 5.32 Å². The van der Waals surface area contributed by atoms with E-state index in [4.69, 9.17) is 10.5 Å². The molecule has 2 unspecified atom stereocenters. The highest BCUT2D eigenvalue weighted by molar-refractivity contribution is 5.83. The average molecular weight is 811 g/mol. The maximum absolute atomic E-state index is 12.8. The minimum absolute atomic E-state index is 0.0640. The number of aliphatic carboxylic acids is 1. The number of esters is 1. The van der Waals surface area contributed by atoms with Gasteiger partial charge in [-0.05, 0) is 103 Å². The largest absolute Gasteiger partial charge is 0.480 e. The highest BCUT2D eigenvalue weighted by Gasteiger charge is 2.18. The van der Waals surface area contributed by atoms with Crippen LogP contribution in [0.25, 0.3) is 0 Å². The van der Waals surface area contributed by atoms with Gasteiger partial charge in [-0.3, -0.25) is 9.59 Å². The first-order chi connectivity index (χ1) is 28.4. The van der Waals surface area contributed by atoms with Crippen LogP contribution in [-0.2, 0) is 19.1 Å². The number of unbranched alkanes of at least 4 members (excludes halogenated alkanes) is 21. The Morgan fingerprint density at radius 1 is 0.534 bits per heavy atom. The summed E-state index contributed by atoms with van der Waals surface area (Å²) < 4.78 is 5.97. The zero-order valence-electron chi connectivity index (χ0n) is 37.6. The van der Waals surface area contributed by atoms with Gasteiger partial charge < -0.3 is 20.9 Å². The van der Waals surface area contributed by atoms with Crippen molar-refractivity contribution in [2.45, 2.75) is 238 Å². The minimum atomic E-state index is -1.00. The molecule has 0 bridgehead atoms. The number of carbonyl (C=O) groups is 3. The number of hydrogen-bond donors (Lipinski definition) is 3. The van der Waals surface area contributed by atoms with Crippen molar-refractivity contribution >= 4 is 17.8 Å². The van der Waals surface area contributed by atoms with E-state index < -0.39 is 12.0 Å². The van der Waals surface area contributed by atoms with Crippen molar-refractivity contribution in [3.63, 3.8) is 0 Å². The Hall–Kier alpha value is -2.93. The zero-order valence-corrected chi connectivity index (χ0v) is 37.6. The lowest BCUT2D eigenvalue weighted by atomic mass is 10.0. The SMILES string of the molecule is CC/C=C\C/C=C\C/C=C\C/C=C\CCCCCCCCCCCCC(=O)OC(/C=C\CCCCCCCC)CCCCCCCCC(=O)NC(CCCN)C(=O)O. The summed E-state index contributed by atoms with van der Waals surface area (Å²) in [7, 11) is 0. The summed E-state index contributed by atoms with van der Waals surface area (Å²) in [5.41, 5.74) is 5.48. The summed E-state index contributed by atoms with van der Waals surface area (Å²) in [5.74, 6) is -1.27. The molecule has 0 aromatic carbocycles. The van der Waals surface area contributed by atoms with Crippen LogP contribution in [0.4, 0.5) is 0 Å². The van der Waals surface area contributed by atoms with Crippen LogP contribution in [0.15, 0.2) is 60.8 Å². The summed E-state index contributed by atoms with van der Waals surface area (Å²) in [6, 6.07) is -0.855. The number of amides is 1. The molecule has 0 rings (SSSR count). The summed E-state index contributed by atoms with van der Waals surface area (Å²) in [5, 5.41) is 11.9. The maximum atomic E-state index is 12.8. The molecule has 0 saturated heterocycles. The van der Waals surface area contributed by atoms with Crippen LogP contribution in [0.5, 0.6) is 0 Å². The highest BCUT2D eigenvalue weighted by Crippen LogP contribution is 2.16. The lowest BCUT2D eigenvalue weighted by molar-refractivity contribution is -0.147. The van der Waals surface area contributed by atoms with Crippen molar-refractivity contribution in [2.75, 3.05) is 6.54 Å². The fourth-order valence-corrected chi connectivity index (χ4v) is 6.94. The Morgan fingerprint density at radius 2 is 1.00 bits per heavy atom. The highest BCUT2D eigenvalue weighted by atomic mass is 16.5. The van der Waals surface area contributed by atoms with Gasteiger partial charge >= 0.3 is 11.9 Å². The van der Waals surface area contributed by atoms with Crippen molar-refractivity contribution in [1.29, 1.82) is 0 Å². The topological polar surface area (TPSA) is 119 Å². The molecule has 2 atom stereocenters. The molecular formula is C51H90N2O5. The number of carboxylic acid groups (broad SMARTS) is 1. The van der Waals surface area contributed by atoms with Crippen molar-refractivity contribution < 1.29 is 24.2 Å². The fraction of sp³-hybridized carbons (Fsp3) is 0.745. The van der Waals surface area contributed by atoms with Crippen LogP contribution < -0.4 is 11.1 Å². The summed E-state index contributed by atoms with van der Waals surface area (Å²) in [4.78, 5) is 36.3. The van der Waals surface area contributed by atoms with E-state index in [1.54, 1.807) is 0 Å². The first-order valence-electron chi connectivity index (χ1n) is 24.1. The van der Waals surface area contributed by atoms with E-state index in [0.29, 0.717) is 32.2 Å². The van der Waals surface area contributed by atoms with E-state index in [1.165, 1.54) is 96.3 Å². The normalized spacial score (nSPS) is 13.2. The van der Waals surface area contributed by atoms with E-state index in [-0.39, 0.29) is 18.0 Å². The fourth-order valence-electron chi connectivity index (χ4n) is 6.94. The van der Waals surface area contributed by atoms with Gasteiger partial charge in [0.05, 0.1) is 0 Å². The third-order valence-corrected chi connectivity index (χ3v) is 10.6. The third-order valence-electron chi connectivity index (χ3n) is 10.6. The molecule has 0 heterocycles. The van der Waals surface area contributed by atoms with Gasteiger partial charge in [-0.15, -0.1) is 0 Å². The monoisotopic (exact) mass is 811 g/mol. The molecule has 334 valence electrons. The first kappa shape index (κ1) is 55.1. The number of hydrogen-bond acceptors (Lipinski definition) is 5. The van der Waals surface area contributed by atoms with E-state index in [2.05, 4.69) is 79.9 Å². The van der Waals surface area contributed by atoms with Gasteiger partial charge in [0.25, 0.3) is 0 Å². The molecule has 0 aliphatic heterocycles. The van der Waals surface area contributed by atoms with Crippen molar-refractivity contribution in [2.24, 2.45) is 5.73 Å². The molecular weight excluding hydrogens is 721 g/mol. The second kappa shape index (κ2) is 45.2. The molecule has 7 nitrogen and oxygen atoms in total. The van der Waals surface area contributed by atoms with Crippen LogP contribution in [0.3, 0.4) is 0 Å². The van der Waals surface area contributed by atoms with Crippen LogP contribution in [0, 0.1) is 0 Å². The number of nitrogens with one attached hydrogen (secondary N) is 1. The van der Waals surface area contributed by atoms with Gasteiger partial charge in [-0.25, -0.2) is 4.79 Å². The van der Waals surface area contributed by atoms with Crippen LogP contribution in [0.2, 0.25) is 0 Å². The molecule has 58 heavy (non-hydrogen) atoms. The molecule has 0 saturated carbocycles. The van der Waals surface area contributed by atoms with Gasteiger partial charge in [0.15, 0.2) is 0 Å². The Bertz CT molecular complexity index is 1090. The second-order valence-electron chi connectivity index (χ2n) is 16.1. The number of rotatable bonds is 43. The smallest absolute Gasteiger partial charge is 0.326 e. The summed E-state index contributed by atoms with van der Waals surface area (Å²) in [6.45, 7) is 4.82. The van der Waals surface area contributed by atoms with Gasteiger partial charge in [0.1, 0.15) is 12.1 Å². The average Bonchev–Trinajstić information content (AvgIpc) is 3.21. The van der Waals surface area contributed by atoms with E-state index in [9.17, 15) is 19.5 Å². The van der Waals surface area contributed by atoms with Crippen LogP contribution in [-0.4, -0.2) is 41.6 Å². The molecule has 0 aromatic rings. The lowest BCUT2D eigenvalue weighted by Crippen LogP contribution is -2.40. The first-order valence-corrected chi connectivity index (χ1v) is 24.1. The quantitative estimate of drug-likeness (QED) is 0.0321. The molecule has 0 aromatic heterocycles. The third kappa shape index (κ3) is 41.2. The maximum Gasteiger partial charge on any atom is 0.326 e. The van der Waals surface area contributed by atoms with Crippen LogP contribution >= 0.6 is 0 Å². The molecule has 0 radical (unpaired) electrons. The Labute approximate surface area is 357 Å². The van der Waals surface area contributed by atoms with Gasteiger partial charge in [0.2, 0.25) is 5.91 Å². The predicted octanol–water partition coefficient (Wildman–Crippen LogP) is 14.1. The number of nitrogens with two attached hydrogens (primary N) is 1. The van der Waals surface area contributed by atoms with Gasteiger partial charge in [-0.1, -0.05) is 178 Å². The molecule has 0 aliphatic carbocycles. The number of allylic oxidation sites excluding steroid dienone is 9. The Balaban J connectivity index is 4.13. The van der Waals surface area contributed by atoms with E-state index in [0.717, 1.165) is 89.9 Å². The molecule has 0 spiro atoms. The van der Waals surface area contributed by atoms with Crippen molar-refractivity contribution in [3.8, 4) is 0 Å². The Kier molecular flexibility index (Phi) is 42.9. The lowest BCUT2D eigenvalue weighted by Gasteiger charge is -2.15. The predicted molar refractivity (Wildman–Crippen MR) is 248 cm³/mol. The summed E-state index contributed by atoms with van der Waals surface area (Å²) >= 11 is 0. The molecule has 4 N–H and O–H groups in total.